The van der Waals surface area contributed by atoms with E-state index in [9.17, 15) is 9.59 Å². The molecule has 3 aliphatic rings. The van der Waals surface area contributed by atoms with Gasteiger partial charge in [0.25, 0.3) is 0 Å². The molecule has 2 saturated heterocycles. The highest BCUT2D eigenvalue weighted by atomic mass is 16.5. The van der Waals surface area contributed by atoms with Gasteiger partial charge < -0.3 is 15.4 Å². The maximum Gasteiger partial charge on any atom is 0.234 e. The smallest absolute Gasteiger partial charge is 0.234 e. The topological polar surface area (TPSA) is 87.9 Å². The number of hydrogen-bond acceptors (Lipinski definition) is 6. The number of benzene rings is 1. The van der Waals surface area contributed by atoms with Gasteiger partial charge in [0.1, 0.15) is 5.75 Å². The number of nitrogens with zero attached hydrogens (tertiary/aromatic N) is 2. The molecule has 1 aromatic rings. The highest BCUT2D eigenvalue weighted by Crippen LogP contribution is 2.35. The predicted molar refractivity (Wildman–Crippen MR) is 117 cm³/mol. The Balaban J connectivity index is 1.36. The van der Waals surface area contributed by atoms with Gasteiger partial charge in [0.05, 0.1) is 18.7 Å². The van der Waals surface area contributed by atoms with Crippen LogP contribution in [0.1, 0.15) is 50.0 Å². The third-order valence-corrected chi connectivity index (χ3v) is 6.97. The second kappa shape index (κ2) is 9.35. The largest absolute Gasteiger partial charge is 0.495 e. The van der Waals surface area contributed by atoms with Gasteiger partial charge in [-0.3, -0.25) is 19.8 Å². The van der Waals surface area contributed by atoms with E-state index in [2.05, 4.69) is 21.2 Å². The summed E-state index contributed by atoms with van der Waals surface area (Å²) < 4.78 is 5.68. The number of rotatable bonds is 5. The first-order valence-electron chi connectivity index (χ1n) is 11.3. The number of carbonyl (C=O) groups is 2. The molecule has 2 amide bonds. The summed E-state index contributed by atoms with van der Waals surface area (Å²) >= 11 is 0. The van der Waals surface area contributed by atoms with Crippen molar-refractivity contribution in [2.45, 2.75) is 50.5 Å². The summed E-state index contributed by atoms with van der Waals surface area (Å²) in [5, 5.41) is 2.44. The monoisotopic (exact) mass is 414 g/mol. The number of nitrogens with one attached hydrogen (secondary N) is 1. The van der Waals surface area contributed by atoms with Crippen LogP contribution in [0.15, 0.2) is 18.2 Å². The number of carbonyl (C=O) groups excluding carboxylic acids is 2. The van der Waals surface area contributed by atoms with E-state index in [0.717, 1.165) is 49.1 Å². The molecule has 0 bridgehead atoms. The average Bonchev–Trinajstić information content (AvgIpc) is 2.75. The lowest BCUT2D eigenvalue weighted by Crippen LogP contribution is -2.48. The standard InChI is InChI=1S/C23H34N4O3/c1-30-21-14-17(19-7-9-22(28)25-23(19)29)4-8-20(21)27-12-10-26(11-13-27)15-16-2-5-18(24)6-3-16/h4,8,14,16,18-19H,2-3,5-7,9-13,15,24H2,1H3,(H,25,28,29). The summed E-state index contributed by atoms with van der Waals surface area (Å²) in [5.74, 6) is 0.906. The van der Waals surface area contributed by atoms with Crippen LogP contribution in [0.3, 0.4) is 0 Å². The van der Waals surface area contributed by atoms with Crippen LogP contribution in [0.25, 0.3) is 0 Å². The zero-order chi connectivity index (χ0) is 21.1. The molecule has 0 radical (unpaired) electrons. The molecular formula is C23H34N4O3. The number of amides is 2. The fourth-order valence-corrected chi connectivity index (χ4v) is 5.09. The lowest BCUT2D eigenvalue weighted by atomic mass is 9.86. The van der Waals surface area contributed by atoms with E-state index in [-0.39, 0.29) is 17.7 Å². The van der Waals surface area contributed by atoms with Crippen LogP contribution in [-0.2, 0) is 9.59 Å². The predicted octanol–water partition coefficient (Wildman–Crippen LogP) is 1.85. The molecule has 1 unspecified atom stereocenters. The van der Waals surface area contributed by atoms with Crippen molar-refractivity contribution in [2.75, 3.05) is 44.7 Å². The Bertz CT molecular complexity index is 768. The minimum Gasteiger partial charge on any atom is -0.495 e. The van der Waals surface area contributed by atoms with Gasteiger partial charge in [-0.1, -0.05) is 6.07 Å². The Morgan fingerprint density at radius 3 is 2.47 bits per heavy atom. The molecule has 2 aliphatic heterocycles. The molecule has 0 aromatic heterocycles. The lowest BCUT2D eigenvalue weighted by Gasteiger charge is -2.39. The van der Waals surface area contributed by atoms with Crippen molar-refractivity contribution in [3.63, 3.8) is 0 Å². The number of piperidine rings is 1. The minimum atomic E-state index is -0.286. The zero-order valence-corrected chi connectivity index (χ0v) is 17.9. The lowest BCUT2D eigenvalue weighted by molar-refractivity contribution is -0.134. The van der Waals surface area contributed by atoms with Crippen LogP contribution in [0.5, 0.6) is 5.75 Å². The van der Waals surface area contributed by atoms with E-state index < -0.39 is 0 Å². The van der Waals surface area contributed by atoms with Crippen molar-refractivity contribution in [2.24, 2.45) is 11.7 Å². The Morgan fingerprint density at radius 2 is 1.80 bits per heavy atom. The summed E-state index contributed by atoms with van der Waals surface area (Å²) in [6.45, 7) is 5.24. The zero-order valence-electron chi connectivity index (χ0n) is 17.9. The van der Waals surface area contributed by atoms with Crippen LogP contribution < -0.4 is 20.7 Å². The summed E-state index contributed by atoms with van der Waals surface area (Å²) in [6.07, 6.45) is 5.80. The summed E-state index contributed by atoms with van der Waals surface area (Å²) in [5.41, 5.74) is 8.03. The highest BCUT2D eigenvalue weighted by Gasteiger charge is 2.29. The average molecular weight is 415 g/mol. The summed E-state index contributed by atoms with van der Waals surface area (Å²) in [7, 11) is 1.68. The maximum atomic E-state index is 12.2. The van der Waals surface area contributed by atoms with Gasteiger partial charge in [0.15, 0.2) is 0 Å². The number of ether oxygens (including phenoxy) is 1. The molecular weight excluding hydrogens is 380 g/mol. The normalized spacial score (nSPS) is 28.3. The first-order chi connectivity index (χ1) is 14.5. The Kier molecular flexibility index (Phi) is 6.58. The van der Waals surface area contributed by atoms with Gasteiger partial charge in [-0.2, -0.15) is 0 Å². The van der Waals surface area contributed by atoms with Gasteiger partial charge >= 0.3 is 0 Å². The van der Waals surface area contributed by atoms with Crippen LogP contribution in [0, 0.1) is 5.92 Å². The maximum absolute atomic E-state index is 12.2. The molecule has 2 heterocycles. The van der Waals surface area contributed by atoms with E-state index >= 15 is 0 Å². The molecule has 7 heteroatoms. The molecule has 30 heavy (non-hydrogen) atoms. The number of imide groups is 1. The van der Waals surface area contributed by atoms with Gasteiger partial charge in [-0.15, -0.1) is 0 Å². The molecule has 1 aromatic carbocycles. The van der Waals surface area contributed by atoms with E-state index in [1.165, 1.54) is 32.2 Å². The first kappa shape index (κ1) is 21.1. The first-order valence-corrected chi connectivity index (χ1v) is 11.3. The fraction of sp³-hybridized carbons (Fsp3) is 0.652. The van der Waals surface area contributed by atoms with Crippen molar-refractivity contribution in [1.29, 1.82) is 0 Å². The number of nitrogens with two attached hydrogens (primary N) is 1. The number of anilines is 1. The molecule has 7 nitrogen and oxygen atoms in total. The minimum absolute atomic E-state index is 0.186. The highest BCUT2D eigenvalue weighted by molar-refractivity contribution is 6.01. The molecule has 1 aliphatic carbocycles. The SMILES string of the molecule is COc1cc(C2CCC(=O)NC2=O)ccc1N1CCN(CC2CCC(N)CC2)CC1. The Hall–Kier alpha value is -2.12. The van der Waals surface area contributed by atoms with E-state index in [4.69, 9.17) is 10.5 Å². The third kappa shape index (κ3) is 4.78. The van der Waals surface area contributed by atoms with Crippen molar-refractivity contribution in [1.82, 2.24) is 10.2 Å². The van der Waals surface area contributed by atoms with Gasteiger partial charge in [-0.25, -0.2) is 0 Å². The number of piperazine rings is 1. The van der Waals surface area contributed by atoms with Crippen molar-refractivity contribution in [3.05, 3.63) is 23.8 Å². The van der Waals surface area contributed by atoms with E-state index in [1.807, 2.05) is 12.1 Å². The van der Waals surface area contributed by atoms with Crippen LogP contribution in [-0.4, -0.2) is 62.6 Å². The quantitative estimate of drug-likeness (QED) is 0.715. The van der Waals surface area contributed by atoms with Crippen LogP contribution in [0.4, 0.5) is 5.69 Å². The molecule has 164 valence electrons. The molecule has 3 fully saturated rings. The van der Waals surface area contributed by atoms with Crippen LogP contribution >= 0.6 is 0 Å². The number of hydrogen-bond donors (Lipinski definition) is 2. The van der Waals surface area contributed by atoms with E-state index in [0.29, 0.717) is 18.9 Å². The molecule has 4 rings (SSSR count). The molecule has 3 N–H and O–H groups in total. The summed E-state index contributed by atoms with van der Waals surface area (Å²) in [4.78, 5) is 28.6. The Morgan fingerprint density at radius 1 is 1.07 bits per heavy atom. The molecule has 0 spiro atoms. The van der Waals surface area contributed by atoms with Gasteiger partial charge in [0.2, 0.25) is 11.8 Å². The fourth-order valence-electron chi connectivity index (χ4n) is 5.09. The van der Waals surface area contributed by atoms with E-state index in [1.54, 1.807) is 7.11 Å². The van der Waals surface area contributed by atoms with Crippen LogP contribution in [0.2, 0.25) is 0 Å². The third-order valence-electron chi connectivity index (χ3n) is 6.97. The Labute approximate surface area is 178 Å². The van der Waals surface area contributed by atoms with Gasteiger partial charge in [-0.05, 0) is 55.7 Å². The molecule has 1 saturated carbocycles. The molecule has 1 atom stereocenters. The van der Waals surface area contributed by atoms with Gasteiger partial charge in [0, 0.05) is 45.2 Å². The number of methoxy groups -OCH3 is 1. The second-order valence-corrected chi connectivity index (χ2v) is 9.00. The van der Waals surface area contributed by atoms with Crippen molar-refractivity contribution in [3.8, 4) is 5.75 Å². The van der Waals surface area contributed by atoms with Crippen molar-refractivity contribution < 1.29 is 14.3 Å². The second-order valence-electron chi connectivity index (χ2n) is 9.00. The van der Waals surface area contributed by atoms with Crippen molar-refractivity contribution >= 4 is 17.5 Å². The summed E-state index contributed by atoms with van der Waals surface area (Å²) in [6, 6.07) is 6.45.